The Balaban J connectivity index is 0. The maximum atomic E-state index is 10.0. The number of carbonyl (C=O) groups is 1. The van der Waals surface area contributed by atoms with E-state index < -0.39 is 28.7 Å². The van der Waals surface area contributed by atoms with Crippen LogP contribution in [0.3, 0.4) is 0 Å². The maximum absolute atomic E-state index is 10.0. The van der Waals surface area contributed by atoms with Gasteiger partial charge >= 0.3 is 61.4 Å². The Morgan fingerprint density at radius 3 is 1.65 bits per heavy atom. The number of carboxylic acid groups (broad SMARTS) is 1. The normalized spacial score (nSPS) is 9.94. The van der Waals surface area contributed by atoms with Gasteiger partial charge in [0.2, 0.25) is 0 Å². The van der Waals surface area contributed by atoms with Crippen molar-refractivity contribution in [2.75, 3.05) is 0 Å². The summed E-state index contributed by atoms with van der Waals surface area (Å²) in [5, 5.41) is 8.27. The van der Waals surface area contributed by atoms with Crippen LogP contribution in [0.25, 0.3) is 0 Å². The van der Waals surface area contributed by atoms with E-state index in [9.17, 15) is 4.79 Å². The van der Waals surface area contributed by atoms with Crippen LogP contribution >= 0.6 is 0 Å². The monoisotopic (exact) mass is 439 g/mol. The van der Waals surface area contributed by atoms with Gasteiger partial charge in [-0.05, 0) is 6.42 Å². The third-order valence-corrected chi connectivity index (χ3v) is 14.7. The Bertz CT molecular complexity index is 151. The summed E-state index contributed by atoms with van der Waals surface area (Å²) in [6, 6.07) is 0. The van der Waals surface area contributed by atoms with Gasteiger partial charge in [0, 0.05) is 6.42 Å². The van der Waals surface area contributed by atoms with E-state index in [0.717, 1.165) is 12.8 Å². The predicted octanol–water partition coefficient (Wildman–Crippen LogP) is 4.97. The van der Waals surface area contributed by atoms with Gasteiger partial charge in [-0.15, -0.1) is 0 Å². The summed E-state index contributed by atoms with van der Waals surface area (Å²) in [5.41, 5.74) is 0. The second kappa shape index (κ2) is 16.4. The molecule has 0 aromatic carbocycles. The van der Waals surface area contributed by atoms with E-state index in [2.05, 4.69) is 27.7 Å². The third kappa shape index (κ3) is 18.9. The first-order valence-electron chi connectivity index (χ1n) is 7.17. The zero-order valence-electron chi connectivity index (χ0n) is 12.2. The fourth-order valence-electron chi connectivity index (χ4n) is 1.63. The quantitative estimate of drug-likeness (QED) is 0.408. The molecule has 1 N–H and O–H groups in total. The summed E-state index contributed by atoms with van der Waals surface area (Å²) in [6.07, 6.45) is 5.88. The van der Waals surface area contributed by atoms with Crippen LogP contribution in [-0.4, -0.2) is 33.8 Å². The molecular weight excluding hydrogens is 407 g/mol. The van der Waals surface area contributed by atoms with Crippen molar-refractivity contribution < 1.29 is 9.90 Å². The van der Waals surface area contributed by atoms with Gasteiger partial charge in [0.05, 0.1) is 0 Å². The minimum atomic E-state index is -0.789. The van der Waals surface area contributed by atoms with Crippen LogP contribution < -0.4 is 0 Å². The van der Waals surface area contributed by atoms with Crippen LogP contribution in [0.15, 0.2) is 0 Å². The number of unbranched alkanes of at least 4 members (excludes halogenated alkanes) is 4. The molecule has 0 amide bonds. The van der Waals surface area contributed by atoms with Gasteiger partial charge in [-0.25, -0.2) is 0 Å². The van der Waals surface area contributed by atoms with Crippen LogP contribution in [0.5, 0.6) is 0 Å². The molecule has 0 fully saturated rings. The van der Waals surface area contributed by atoms with Crippen LogP contribution in [0.4, 0.5) is 0 Å². The zero-order chi connectivity index (χ0) is 13.5. The van der Waals surface area contributed by atoms with Crippen molar-refractivity contribution >= 4 is 28.7 Å². The Hall–Kier alpha value is 0.392. The standard InChI is InChI=1S/C8H16O2.3C2H5.Pb/c1-2-3-4-5-6-7-8(9)10;3*1-2;/h2-7H2,1H3,(H,9,10);3*1H2,2H3;. The molecule has 103 valence electrons. The van der Waals surface area contributed by atoms with Crippen LogP contribution in [0.1, 0.15) is 66.2 Å². The Kier molecular flexibility index (Phi) is 19.0. The van der Waals surface area contributed by atoms with E-state index in [-0.39, 0.29) is 0 Å². The summed E-state index contributed by atoms with van der Waals surface area (Å²) in [4.78, 5) is 10.0. The summed E-state index contributed by atoms with van der Waals surface area (Å²) in [6.45, 7) is 9.22. The molecule has 0 aromatic rings. The molecule has 2 nitrogen and oxygen atoms in total. The van der Waals surface area contributed by atoms with Crippen LogP contribution in [0, 0.1) is 0 Å². The first-order chi connectivity index (χ1) is 8.12. The summed E-state index contributed by atoms with van der Waals surface area (Å²) < 4.78 is 4.70. The Labute approximate surface area is 116 Å². The first-order valence-corrected chi connectivity index (χ1v) is 15.4. The topological polar surface area (TPSA) is 37.3 Å². The van der Waals surface area contributed by atoms with E-state index >= 15 is 0 Å². The van der Waals surface area contributed by atoms with Crippen molar-refractivity contribution in [3.05, 3.63) is 0 Å². The Morgan fingerprint density at radius 1 is 0.882 bits per heavy atom. The number of aliphatic carboxylic acids is 1. The molecule has 0 rings (SSSR count). The van der Waals surface area contributed by atoms with Gasteiger partial charge in [0.25, 0.3) is 0 Å². The van der Waals surface area contributed by atoms with Gasteiger partial charge in [-0.1, -0.05) is 32.6 Å². The average Bonchev–Trinajstić information content (AvgIpc) is 2.31. The molecule has 0 spiro atoms. The third-order valence-electron chi connectivity index (χ3n) is 2.99. The fourth-order valence-corrected chi connectivity index (χ4v) is 7.46. The molecule has 0 unspecified atom stereocenters. The second-order valence-corrected chi connectivity index (χ2v) is 18.4. The molecule has 0 aromatic heterocycles. The Morgan fingerprint density at radius 2 is 1.35 bits per heavy atom. The molecule has 0 bridgehead atoms. The molecule has 0 saturated heterocycles. The predicted molar refractivity (Wildman–Crippen MR) is 78.2 cm³/mol. The van der Waals surface area contributed by atoms with Gasteiger partial charge in [-0.3, -0.25) is 4.79 Å². The van der Waals surface area contributed by atoms with E-state index in [1.54, 1.807) is 11.9 Å². The summed E-state index contributed by atoms with van der Waals surface area (Å²) >= 11 is -0.789. The van der Waals surface area contributed by atoms with Crippen molar-refractivity contribution in [1.82, 2.24) is 0 Å². The number of hydrogen-bond acceptors (Lipinski definition) is 1. The molecule has 1 radical (unpaired) electrons. The molecule has 0 saturated carbocycles. The van der Waals surface area contributed by atoms with E-state index in [4.69, 9.17) is 5.11 Å². The van der Waals surface area contributed by atoms with Crippen LogP contribution in [-0.2, 0) is 4.79 Å². The van der Waals surface area contributed by atoms with Crippen molar-refractivity contribution in [1.29, 1.82) is 0 Å². The number of hydrogen-bond donors (Lipinski definition) is 1. The van der Waals surface area contributed by atoms with Gasteiger partial charge in [0.1, 0.15) is 0 Å². The molecule has 17 heavy (non-hydrogen) atoms. The van der Waals surface area contributed by atoms with Crippen molar-refractivity contribution in [2.24, 2.45) is 0 Å². The van der Waals surface area contributed by atoms with E-state index in [0.29, 0.717) is 6.42 Å². The molecule has 0 aliphatic heterocycles. The molecule has 0 atom stereocenters. The SMILES string of the molecule is CCCCCCCC(=O)O.C[CH2][Pb]([CH2]C)[CH2]C. The van der Waals surface area contributed by atoms with Gasteiger partial charge in [-0.2, -0.15) is 0 Å². The van der Waals surface area contributed by atoms with Crippen molar-refractivity contribution in [2.45, 2.75) is 78.2 Å². The second-order valence-electron chi connectivity index (χ2n) is 4.37. The summed E-state index contributed by atoms with van der Waals surface area (Å²) in [5.74, 6) is -0.670. The van der Waals surface area contributed by atoms with E-state index in [1.165, 1.54) is 19.3 Å². The summed E-state index contributed by atoms with van der Waals surface area (Å²) in [7, 11) is 0. The zero-order valence-corrected chi connectivity index (χ0v) is 16.1. The molecular formula is C14H31O2Pb. The fraction of sp³-hybridized carbons (Fsp3) is 0.929. The van der Waals surface area contributed by atoms with Crippen LogP contribution in [0.2, 0.25) is 11.9 Å². The molecule has 0 heterocycles. The van der Waals surface area contributed by atoms with E-state index in [1.807, 2.05) is 0 Å². The number of carboxylic acids is 1. The molecule has 0 aliphatic carbocycles. The molecule has 3 heteroatoms. The minimum absolute atomic E-state index is 0.337. The van der Waals surface area contributed by atoms with Gasteiger partial charge in [0.15, 0.2) is 0 Å². The first kappa shape index (κ1) is 19.7. The molecule has 0 aliphatic rings. The van der Waals surface area contributed by atoms with Crippen molar-refractivity contribution in [3.63, 3.8) is 0 Å². The van der Waals surface area contributed by atoms with Gasteiger partial charge < -0.3 is 5.11 Å². The number of rotatable bonds is 9. The van der Waals surface area contributed by atoms with Crippen molar-refractivity contribution in [3.8, 4) is 0 Å². The average molecular weight is 439 g/mol.